The highest BCUT2D eigenvalue weighted by atomic mass is 19.4. The number of benzene rings is 2. The van der Waals surface area contributed by atoms with Crippen molar-refractivity contribution >= 4 is 22.4 Å². The largest absolute Gasteiger partial charge is 0.460 e. The second kappa shape index (κ2) is 7.40. The molecule has 178 valence electrons. The van der Waals surface area contributed by atoms with E-state index in [0.29, 0.717) is 0 Å². The number of carbonyl (C=O) groups excluding carboxylic acids is 1. The maximum atomic E-state index is 13.9. The highest BCUT2D eigenvalue weighted by Gasteiger charge is 2.91. The Kier molecular flexibility index (Phi) is 5.90. The summed E-state index contributed by atoms with van der Waals surface area (Å²) in [5, 5.41) is 1.17. The SMILES string of the molecule is O=C(Nc1cccc2ccccc12)C(F)(F)C(F)(F)C(F)(F)C(F)(F)C(F)(F)C(F)(F)F. The van der Waals surface area contributed by atoms with E-state index in [1.807, 2.05) is 0 Å². The Labute approximate surface area is 169 Å². The van der Waals surface area contributed by atoms with Gasteiger partial charge in [-0.05, 0) is 11.5 Å². The zero-order valence-corrected chi connectivity index (χ0v) is 14.9. The Hall–Kier alpha value is -2.74. The number of nitrogens with one attached hydrogen (secondary N) is 1. The molecular weight excluding hydrogens is 481 g/mol. The summed E-state index contributed by atoms with van der Waals surface area (Å²) in [7, 11) is 0. The van der Waals surface area contributed by atoms with E-state index in [9.17, 15) is 61.9 Å². The van der Waals surface area contributed by atoms with E-state index in [4.69, 9.17) is 0 Å². The lowest BCUT2D eigenvalue weighted by Gasteiger charge is -2.39. The van der Waals surface area contributed by atoms with E-state index in [0.717, 1.165) is 23.5 Å². The quantitative estimate of drug-likeness (QED) is 0.461. The highest BCUT2D eigenvalue weighted by Crippen LogP contribution is 2.60. The van der Waals surface area contributed by atoms with Gasteiger partial charge in [-0.25, -0.2) is 0 Å². The molecule has 0 radical (unpaired) electrons. The maximum Gasteiger partial charge on any atom is 0.460 e. The summed E-state index contributed by atoms with van der Waals surface area (Å²) in [4.78, 5) is 11.6. The van der Waals surface area contributed by atoms with Crippen molar-refractivity contribution < 1.29 is 61.9 Å². The van der Waals surface area contributed by atoms with Crippen LogP contribution < -0.4 is 5.32 Å². The Morgan fingerprint density at radius 2 is 1.06 bits per heavy atom. The Morgan fingerprint density at radius 1 is 0.594 bits per heavy atom. The molecule has 0 bridgehead atoms. The van der Waals surface area contributed by atoms with Gasteiger partial charge in [0.05, 0.1) is 0 Å². The van der Waals surface area contributed by atoms with E-state index in [1.54, 1.807) is 0 Å². The number of halogens is 13. The molecule has 0 saturated carbocycles. The van der Waals surface area contributed by atoms with Crippen molar-refractivity contribution in [3.05, 3.63) is 42.5 Å². The standard InChI is InChI=1S/C17H8F13NO/c18-12(19,11(32)31-10-7-3-5-8-4-1-2-6-9(8)10)13(20,21)14(22,23)15(24,25)16(26,27)17(28,29)30/h1-7H,(H,31,32). The molecule has 0 unspecified atom stereocenters. The van der Waals surface area contributed by atoms with Gasteiger partial charge in [-0.3, -0.25) is 4.79 Å². The molecule has 2 nitrogen and oxygen atoms in total. The molecule has 2 rings (SSSR count). The van der Waals surface area contributed by atoms with Gasteiger partial charge in [0.2, 0.25) is 0 Å². The van der Waals surface area contributed by atoms with Crippen molar-refractivity contribution in [1.82, 2.24) is 0 Å². The van der Waals surface area contributed by atoms with Gasteiger partial charge < -0.3 is 5.32 Å². The predicted octanol–water partition coefficient (Wildman–Crippen LogP) is 6.52. The summed E-state index contributed by atoms with van der Waals surface area (Å²) in [5.41, 5.74) is -0.695. The number of rotatable bonds is 6. The molecule has 1 N–H and O–H groups in total. The van der Waals surface area contributed by atoms with Gasteiger partial charge in [-0.1, -0.05) is 36.4 Å². The fourth-order valence-corrected chi connectivity index (χ4v) is 2.45. The molecule has 0 spiro atoms. The van der Waals surface area contributed by atoms with Crippen molar-refractivity contribution in [1.29, 1.82) is 0 Å². The van der Waals surface area contributed by atoms with E-state index in [2.05, 4.69) is 0 Å². The Balaban J connectivity index is 2.49. The van der Waals surface area contributed by atoms with Crippen molar-refractivity contribution in [2.45, 2.75) is 35.8 Å². The number of anilines is 1. The molecule has 2 aromatic rings. The van der Waals surface area contributed by atoms with Crippen LogP contribution in [-0.2, 0) is 4.79 Å². The van der Waals surface area contributed by atoms with Gasteiger partial charge in [0.1, 0.15) is 0 Å². The van der Waals surface area contributed by atoms with Crippen molar-refractivity contribution in [3.8, 4) is 0 Å². The van der Waals surface area contributed by atoms with Gasteiger partial charge in [0.25, 0.3) is 0 Å². The molecule has 0 aliphatic rings. The molecule has 0 heterocycles. The van der Waals surface area contributed by atoms with Crippen LogP contribution in [0.5, 0.6) is 0 Å². The first kappa shape index (κ1) is 25.5. The second-order valence-electron chi connectivity index (χ2n) is 6.35. The lowest BCUT2D eigenvalue weighted by Crippen LogP contribution is -2.71. The van der Waals surface area contributed by atoms with Crippen molar-refractivity contribution in [3.63, 3.8) is 0 Å². The molecule has 0 atom stereocenters. The summed E-state index contributed by atoms with van der Waals surface area (Å²) >= 11 is 0. The summed E-state index contributed by atoms with van der Waals surface area (Å²) in [6.07, 6.45) is -7.52. The molecule has 0 aromatic heterocycles. The summed E-state index contributed by atoms with van der Waals surface area (Å²) in [6, 6.07) is 8.42. The maximum absolute atomic E-state index is 13.9. The zero-order valence-electron chi connectivity index (χ0n) is 14.9. The fourth-order valence-electron chi connectivity index (χ4n) is 2.45. The summed E-state index contributed by atoms with van der Waals surface area (Å²) < 4.78 is 171. The zero-order chi connectivity index (χ0) is 25.0. The van der Waals surface area contributed by atoms with Gasteiger partial charge in [-0.15, -0.1) is 0 Å². The molecule has 0 aliphatic carbocycles. The molecule has 0 fully saturated rings. The third-order valence-electron chi connectivity index (χ3n) is 4.26. The Bertz CT molecular complexity index is 1010. The average Bonchev–Trinajstić information content (AvgIpc) is 2.66. The molecule has 1 amide bonds. The van der Waals surface area contributed by atoms with Crippen LogP contribution in [0.15, 0.2) is 42.5 Å². The normalized spacial score (nSPS) is 14.5. The minimum atomic E-state index is -8.06. The molecule has 32 heavy (non-hydrogen) atoms. The first-order valence-electron chi connectivity index (χ1n) is 7.98. The third-order valence-corrected chi connectivity index (χ3v) is 4.26. The lowest BCUT2D eigenvalue weighted by molar-refractivity contribution is -0.435. The van der Waals surface area contributed by atoms with E-state index in [-0.39, 0.29) is 10.8 Å². The van der Waals surface area contributed by atoms with Crippen LogP contribution in [0.1, 0.15) is 0 Å². The van der Waals surface area contributed by atoms with Crippen molar-refractivity contribution in [2.75, 3.05) is 5.32 Å². The van der Waals surface area contributed by atoms with Crippen LogP contribution in [0.25, 0.3) is 10.8 Å². The predicted molar refractivity (Wildman–Crippen MR) is 83.4 cm³/mol. The van der Waals surface area contributed by atoms with E-state index < -0.39 is 47.4 Å². The van der Waals surface area contributed by atoms with Gasteiger partial charge in [0.15, 0.2) is 0 Å². The monoisotopic (exact) mass is 489 g/mol. The van der Waals surface area contributed by atoms with E-state index >= 15 is 0 Å². The molecule has 0 saturated heterocycles. The minimum Gasteiger partial charge on any atom is -0.320 e. The number of carbonyl (C=O) groups is 1. The molecular formula is C17H8F13NO. The smallest absolute Gasteiger partial charge is 0.320 e. The number of amides is 1. The van der Waals surface area contributed by atoms with Gasteiger partial charge in [0, 0.05) is 11.1 Å². The first-order chi connectivity index (χ1) is 14.2. The number of fused-ring (bicyclic) bond motifs is 1. The van der Waals surface area contributed by atoms with Crippen LogP contribution in [-0.4, -0.2) is 41.7 Å². The summed E-state index contributed by atoms with van der Waals surface area (Å²) in [5.74, 6) is -41.9. The lowest BCUT2D eigenvalue weighted by atomic mass is 9.93. The minimum absolute atomic E-state index is 0.108. The third kappa shape index (κ3) is 3.50. The fraction of sp³-hybridized carbons (Fsp3) is 0.353. The van der Waals surface area contributed by atoms with Crippen LogP contribution >= 0.6 is 0 Å². The number of hydrogen-bond donors (Lipinski definition) is 1. The van der Waals surface area contributed by atoms with Gasteiger partial charge >= 0.3 is 41.7 Å². The highest BCUT2D eigenvalue weighted by molar-refractivity contribution is 6.04. The van der Waals surface area contributed by atoms with Crippen LogP contribution in [0.3, 0.4) is 0 Å². The van der Waals surface area contributed by atoms with Crippen LogP contribution in [0, 0.1) is 0 Å². The molecule has 15 heteroatoms. The van der Waals surface area contributed by atoms with E-state index in [1.165, 1.54) is 24.3 Å². The topological polar surface area (TPSA) is 29.1 Å². The average molecular weight is 489 g/mol. The molecule has 2 aromatic carbocycles. The summed E-state index contributed by atoms with van der Waals surface area (Å²) in [6.45, 7) is 0. The Morgan fingerprint density at radius 3 is 1.59 bits per heavy atom. The van der Waals surface area contributed by atoms with Gasteiger partial charge in [-0.2, -0.15) is 57.1 Å². The number of hydrogen-bond acceptors (Lipinski definition) is 1. The second-order valence-corrected chi connectivity index (χ2v) is 6.35. The van der Waals surface area contributed by atoms with Crippen LogP contribution in [0.4, 0.5) is 62.8 Å². The first-order valence-corrected chi connectivity index (χ1v) is 7.98. The number of alkyl halides is 13. The van der Waals surface area contributed by atoms with Crippen LogP contribution in [0.2, 0.25) is 0 Å². The molecule has 0 aliphatic heterocycles. The van der Waals surface area contributed by atoms with Crippen molar-refractivity contribution in [2.24, 2.45) is 0 Å².